The molecule has 106 valence electrons. The van der Waals surface area contributed by atoms with Gasteiger partial charge in [0, 0.05) is 31.9 Å². The fourth-order valence-electron chi connectivity index (χ4n) is 2.50. The smallest absolute Gasteiger partial charge is 0.373 e. The SMILES string of the molecule is CNc1ncccc1CN1CCCC(C(F)(F)F)C1. The molecule has 1 aromatic heterocycles. The van der Waals surface area contributed by atoms with Crippen LogP contribution in [0.4, 0.5) is 19.0 Å². The lowest BCUT2D eigenvalue weighted by Crippen LogP contribution is -2.41. The second-order valence-electron chi connectivity index (χ2n) is 4.88. The second kappa shape index (κ2) is 5.77. The highest BCUT2D eigenvalue weighted by molar-refractivity contribution is 5.42. The number of halogens is 3. The fourth-order valence-corrected chi connectivity index (χ4v) is 2.50. The number of likely N-dealkylation sites (tertiary alicyclic amines) is 1. The number of anilines is 1. The minimum Gasteiger partial charge on any atom is -0.373 e. The average molecular weight is 273 g/mol. The molecule has 1 fully saturated rings. The molecule has 1 aromatic rings. The van der Waals surface area contributed by atoms with Crippen LogP contribution in [0.25, 0.3) is 0 Å². The van der Waals surface area contributed by atoms with Gasteiger partial charge in [0.05, 0.1) is 5.92 Å². The molecule has 0 aromatic carbocycles. The minimum absolute atomic E-state index is 0.0849. The van der Waals surface area contributed by atoms with Crippen LogP contribution in [-0.2, 0) is 6.54 Å². The summed E-state index contributed by atoms with van der Waals surface area (Å²) in [6.07, 6.45) is -1.57. The monoisotopic (exact) mass is 273 g/mol. The normalized spacial score (nSPS) is 21.4. The van der Waals surface area contributed by atoms with Gasteiger partial charge in [0.2, 0.25) is 0 Å². The lowest BCUT2D eigenvalue weighted by molar-refractivity contribution is -0.187. The Labute approximate surface area is 110 Å². The van der Waals surface area contributed by atoms with Gasteiger partial charge in [0.15, 0.2) is 0 Å². The molecule has 0 amide bonds. The zero-order chi connectivity index (χ0) is 13.9. The van der Waals surface area contributed by atoms with Crippen LogP contribution in [-0.4, -0.2) is 36.2 Å². The van der Waals surface area contributed by atoms with E-state index in [4.69, 9.17) is 0 Å². The molecule has 1 atom stereocenters. The first-order valence-electron chi connectivity index (χ1n) is 6.41. The van der Waals surface area contributed by atoms with E-state index in [-0.39, 0.29) is 13.0 Å². The van der Waals surface area contributed by atoms with Crippen molar-refractivity contribution in [2.24, 2.45) is 5.92 Å². The Morgan fingerprint density at radius 1 is 1.47 bits per heavy atom. The molecular formula is C13H18F3N3. The predicted molar refractivity (Wildman–Crippen MR) is 67.8 cm³/mol. The lowest BCUT2D eigenvalue weighted by Gasteiger charge is -2.33. The molecule has 0 saturated carbocycles. The van der Waals surface area contributed by atoms with E-state index >= 15 is 0 Å². The maximum absolute atomic E-state index is 12.7. The van der Waals surface area contributed by atoms with E-state index in [1.54, 1.807) is 19.3 Å². The van der Waals surface area contributed by atoms with Crippen molar-refractivity contribution in [3.05, 3.63) is 23.9 Å². The summed E-state index contributed by atoms with van der Waals surface area (Å²) < 4.78 is 38.2. The van der Waals surface area contributed by atoms with Crippen molar-refractivity contribution in [2.75, 3.05) is 25.5 Å². The molecule has 0 spiro atoms. The summed E-state index contributed by atoms with van der Waals surface area (Å²) in [7, 11) is 1.76. The molecule has 1 saturated heterocycles. The molecule has 1 unspecified atom stereocenters. The average Bonchev–Trinajstić information content (AvgIpc) is 2.39. The van der Waals surface area contributed by atoms with Gasteiger partial charge in [0.25, 0.3) is 0 Å². The Bertz CT molecular complexity index is 420. The van der Waals surface area contributed by atoms with E-state index in [0.29, 0.717) is 19.5 Å². The van der Waals surface area contributed by atoms with Gasteiger partial charge >= 0.3 is 6.18 Å². The summed E-state index contributed by atoms with van der Waals surface area (Å²) in [6, 6.07) is 3.71. The van der Waals surface area contributed by atoms with Crippen LogP contribution < -0.4 is 5.32 Å². The van der Waals surface area contributed by atoms with Gasteiger partial charge in [-0.3, -0.25) is 4.90 Å². The topological polar surface area (TPSA) is 28.2 Å². The van der Waals surface area contributed by atoms with Crippen LogP contribution in [0.1, 0.15) is 18.4 Å². The first-order valence-corrected chi connectivity index (χ1v) is 6.41. The molecule has 0 aliphatic carbocycles. The summed E-state index contributed by atoms with van der Waals surface area (Å²) in [5, 5.41) is 2.97. The Balaban J connectivity index is 2.03. The summed E-state index contributed by atoms with van der Waals surface area (Å²) in [5.41, 5.74) is 0.938. The number of rotatable bonds is 3. The van der Waals surface area contributed by atoms with Crippen LogP contribution in [0.2, 0.25) is 0 Å². The quantitative estimate of drug-likeness (QED) is 0.918. The number of pyridine rings is 1. The van der Waals surface area contributed by atoms with Crippen LogP contribution in [0.5, 0.6) is 0 Å². The molecular weight excluding hydrogens is 255 g/mol. The highest BCUT2D eigenvalue weighted by atomic mass is 19.4. The number of hydrogen-bond donors (Lipinski definition) is 1. The zero-order valence-corrected chi connectivity index (χ0v) is 10.9. The molecule has 0 radical (unpaired) electrons. The highest BCUT2D eigenvalue weighted by Crippen LogP contribution is 2.33. The van der Waals surface area contributed by atoms with Gasteiger partial charge in [-0.15, -0.1) is 0 Å². The van der Waals surface area contributed by atoms with Crippen molar-refractivity contribution in [3.63, 3.8) is 0 Å². The number of alkyl halides is 3. The molecule has 3 nitrogen and oxygen atoms in total. The largest absolute Gasteiger partial charge is 0.393 e. The summed E-state index contributed by atoms with van der Waals surface area (Å²) in [6.45, 7) is 1.31. The van der Waals surface area contributed by atoms with Gasteiger partial charge < -0.3 is 5.32 Å². The third-order valence-corrected chi connectivity index (χ3v) is 3.49. The lowest BCUT2D eigenvalue weighted by atomic mass is 9.97. The Hall–Kier alpha value is -1.30. The van der Waals surface area contributed by atoms with Crippen LogP contribution >= 0.6 is 0 Å². The van der Waals surface area contributed by atoms with Crippen molar-refractivity contribution in [1.29, 1.82) is 0 Å². The molecule has 6 heteroatoms. The first kappa shape index (κ1) is 14.1. The molecule has 2 heterocycles. The molecule has 2 rings (SSSR count). The highest BCUT2D eigenvalue weighted by Gasteiger charge is 2.41. The molecule has 0 bridgehead atoms. The van der Waals surface area contributed by atoms with Crippen LogP contribution in [0.3, 0.4) is 0 Å². The molecule has 19 heavy (non-hydrogen) atoms. The molecule has 1 aliphatic rings. The van der Waals surface area contributed by atoms with Crippen molar-refractivity contribution in [2.45, 2.75) is 25.6 Å². The van der Waals surface area contributed by atoms with E-state index in [1.165, 1.54) is 0 Å². The van der Waals surface area contributed by atoms with Crippen molar-refractivity contribution in [3.8, 4) is 0 Å². The summed E-state index contributed by atoms with van der Waals surface area (Å²) in [5.74, 6) is -0.465. The predicted octanol–water partition coefficient (Wildman–Crippen LogP) is 2.90. The summed E-state index contributed by atoms with van der Waals surface area (Å²) in [4.78, 5) is 6.03. The maximum Gasteiger partial charge on any atom is 0.393 e. The van der Waals surface area contributed by atoms with Crippen molar-refractivity contribution < 1.29 is 13.2 Å². The number of hydrogen-bond acceptors (Lipinski definition) is 3. The number of piperidine rings is 1. The Morgan fingerprint density at radius 2 is 2.26 bits per heavy atom. The second-order valence-corrected chi connectivity index (χ2v) is 4.88. The van der Waals surface area contributed by atoms with Gasteiger partial charge in [-0.25, -0.2) is 4.98 Å². The first-order chi connectivity index (χ1) is 9.00. The van der Waals surface area contributed by atoms with E-state index in [2.05, 4.69) is 10.3 Å². The van der Waals surface area contributed by atoms with Gasteiger partial charge in [-0.1, -0.05) is 6.07 Å². The summed E-state index contributed by atoms with van der Waals surface area (Å²) >= 11 is 0. The van der Waals surface area contributed by atoms with Crippen LogP contribution in [0, 0.1) is 5.92 Å². The van der Waals surface area contributed by atoms with E-state index < -0.39 is 12.1 Å². The van der Waals surface area contributed by atoms with E-state index in [0.717, 1.165) is 11.4 Å². The Kier molecular flexibility index (Phi) is 4.29. The third-order valence-electron chi connectivity index (χ3n) is 3.49. The Morgan fingerprint density at radius 3 is 2.95 bits per heavy atom. The molecule has 1 N–H and O–H groups in total. The fraction of sp³-hybridized carbons (Fsp3) is 0.615. The molecule has 1 aliphatic heterocycles. The third kappa shape index (κ3) is 3.59. The van der Waals surface area contributed by atoms with Crippen molar-refractivity contribution >= 4 is 5.82 Å². The number of nitrogens with one attached hydrogen (secondary N) is 1. The van der Waals surface area contributed by atoms with Crippen LogP contribution in [0.15, 0.2) is 18.3 Å². The van der Waals surface area contributed by atoms with Gasteiger partial charge in [-0.2, -0.15) is 13.2 Å². The maximum atomic E-state index is 12.7. The standard InChI is InChI=1S/C13H18F3N3/c1-17-12-10(4-2-6-18-12)8-19-7-3-5-11(9-19)13(14,15)16/h2,4,6,11H,3,5,7-9H2,1H3,(H,17,18). The zero-order valence-electron chi connectivity index (χ0n) is 10.9. The van der Waals surface area contributed by atoms with Gasteiger partial charge in [-0.05, 0) is 25.5 Å². The minimum atomic E-state index is -4.08. The van der Waals surface area contributed by atoms with E-state index in [9.17, 15) is 13.2 Å². The number of aromatic nitrogens is 1. The van der Waals surface area contributed by atoms with Crippen molar-refractivity contribution in [1.82, 2.24) is 9.88 Å². The number of nitrogens with zero attached hydrogens (tertiary/aromatic N) is 2. The van der Waals surface area contributed by atoms with Gasteiger partial charge in [0.1, 0.15) is 5.82 Å². The van der Waals surface area contributed by atoms with E-state index in [1.807, 2.05) is 11.0 Å².